The average Bonchev–Trinajstić information content (AvgIpc) is 2.54. The number of nitriles is 1. The van der Waals surface area contributed by atoms with Crippen LogP contribution in [0.2, 0.25) is 0 Å². The summed E-state index contributed by atoms with van der Waals surface area (Å²) in [4.78, 5) is 2.34. The molecule has 0 aromatic rings. The van der Waals surface area contributed by atoms with Gasteiger partial charge in [0, 0.05) is 19.1 Å². The number of nitrogens with zero attached hydrogens (tertiary/aromatic N) is 2. The first-order valence-corrected chi connectivity index (χ1v) is 6.13. The van der Waals surface area contributed by atoms with E-state index in [-0.39, 0.29) is 12.0 Å². The van der Waals surface area contributed by atoms with Crippen molar-refractivity contribution in [1.82, 2.24) is 4.90 Å². The van der Waals surface area contributed by atoms with E-state index >= 15 is 0 Å². The van der Waals surface area contributed by atoms with Gasteiger partial charge in [-0.1, -0.05) is 19.3 Å². The summed E-state index contributed by atoms with van der Waals surface area (Å²) in [6.45, 7) is 1.76. The maximum absolute atomic E-state index is 9.53. The Kier molecular flexibility index (Phi) is 3.61. The Hall–Kier alpha value is -0.590. The van der Waals surface area contributed by atoms with Crippen LogP contribution in [-0.2, 0) is 0 Å². The maximum Gasteiger partial charge on any atom is 0.0679 e. The second kappa shape index (κ2) is 4.96. The fourth-order valence-corrected chi connectivity index (χ4v) is 2.95. The molecule has 0 aromatic heterocycles. The smallest absolute Gasteiger partial charge is 0.0679 e. The molecule has 1 aliphatic heterocycles. The molecule has 1 heterocycles. The molecule has 3 atom stereocenters. The van der Waals surface area contributed by atoms with Gasteiger partial charge < -0.3 is 5.11 Å². The van der Waals surface area contributed by atoms with E-state index in [0.29, 0.717) is 6.04 Å². The zero-order valence-corrected chi connectivity index (χ0v) is 9.23. The van der Waals surface area contributed by atoms with Gasteiger partial charge in [0.2, 0.25) is 0 Å². The zero-order valence-electron chi connectivity index (χ0n) is 9.23. The van der Waals surface area contributed by atoms with E-state index in [0.717, 1.165) is 32.4 Å². The molecule has 0 radical (unpaired) electrons. The topological polar surface area (TPSA) is 47.3 Å². The zero-order chi connectivity index (χ0) is 10.7. The molecule has 1 aliphatic carbocycles. The molecule has 3 nitrogen and oxygen atoms in total. The number of aliphatic hydroxyl groups is 1. The van der Waals surface area contributed by atoms with Gasteiger partial charge in [0.15, 0.2) is 0 Å². The monoisotopic (exact) mass is 208 g/mol. The number of hydrogen-bond donors (Lipinski definition) is 1. The molecule has 2 fully saturated rings. The normalized spacial score (nSPS) is 38.5. The van der Waals surface area contributed by atoms with E-state index in [2.05, 4.69) is 11.0 Å². The van der Waals surface area contributed by atoms with Gasteiger partial charge >= 0.3 is 0 Å². The molecule has 1 saturated heterocycles. The highest BCUT2D eigenvalue weighted by Gasteiger charge is 2.32. The van der Waals surface area contributed by atoms with Crippen molar-refractivity contribution < 1.29 is 5.11 Å². The van der Waals surface area contributed by atoms with Gasteiger partial charge in [-0.15, -0.1) is 0 Å². The Morgan fingerprint density at radius 3 is 2.60 bits per heavy atom. The van der Waals surface area contributed by atoms with Gasteiger partial charge in [-0.05, 0) is 19.3 Å². The van der Waals surface area contributed by atoms with Crippen LogP contribution in [0.15, 0.2) is 0 Å². The van der Waals surface area contributed by atoms with Crippen molar-refractivity contribution in [2.24, 2.45) is 5.92 Å². The first-order valence-electron chi connectivity index (χ1n) is 6.13. The van der Waals surface area contributed by atoms with E-state index in [1.807, 2.05) is 0 Å². The van der Waals surface area contributed by atoms with Gasteiger partial charge in [0.05, 0.1) is 18.1 Å². The average molecular weight is 208 g/mol. The summed E-state index contributed by atoms with van der Waals surface area (Å²) < 4.78 is 0. The Balaban J connectivity index is 2.00. The van der Waals surface area contributed by atoms with Crippen LogP contribution in [0, 0.1) is 17.2 Å². The SMILES string of the molecule is N#CC1CCCCCC1N1CCC(O)C1. The van der Waals surface area contributed by atoms with Gasteiger partial charge in [0.25, 0.3) is 0 Å². The molecule has 3 heteroatoms. The highest BCUT2D eigenvalue weighted by atomic mass is 16.3. The van der Waals surface area contributed by atoms with E-state index in [9.17, 15) is 10.4 Å². The number of hydrogen-bond acceptors (Lipinski definition) is 3. The van der Waals surface area contributed by atoms with Crippen LogP contribution in [0.25, 0.3) is 0 Å². The fourth-order valence-electron chi connectivity index (χ4n) is 2.95. The molecule has 1 N–H and O–H groups in total. The van der Waals surface area contributed by atoms with E-state index in [4.69, 9.17) is 0 Å². The number of β-amino-alcohol motifs (C(OH)–C–C–N with tert-alkyl or cyclic N) is 1. The van der Waals surface area contributed by atoms with Gasteiger partial charge in [-0.2, -0.15) is 5.26 Å². The van der Waals surface area contributed by atoms with Crippen molar-refractivity contribution in [3.63, 3.8) is 0 Å². The summed E-state index contributed by atoms with van der Waals surface area (Å²) in [5.41, 5.74) is 0. The lowest BCUT2D eigenvalue weighted by molar-refractivity contribution is 0.140. The molecule has 0 bridgehead atoms. The first kappa shape index (κ1) is 10.9. The Morgan fingerprint density at radius 1 is 1.13 bits per heavy atom. The number of aliphatic hydroxyl groups excluding tert-OH is 1. The number of rotatable bonds is 1. The molecular weight excluding hydrogens is 188 g/mol. The largest absolute Gasteiger partial charge is 0.392 e. The molecule has 3 unspecified atom stereocenters. The summed E-state index contributed by atoms with van der Waals surface area (Å²) >= 11 is 0. The second-order valence-corrected chi connectivity index (χ2v) is 4.88. The molecule has 15 heavy (non-hydrogen) atoms. The molecule has 0 aromatic carbocycles. The first-order chi connectivity index (χ1) is 7.31. The van der Waals surface area contributed by atoms with E-state index in [1.165, 1.54) is 19.3 Å². The lowest BCUT2D eigenvalue weighted by Gasteiger charge is -2.29. The predicted molar refractivity (Wildman–Crippen MR) is 58.2 cm³/mol. The summed E-state index contributed by atoms with van der Waals surface area (Å²) in [5.74, 6) is 0.192. The van der Waals surface area contributed by atoms with E-state index < -0.39 is 0 Å². The summed E-state index contributed by atoms with van der Waals surface area (Å²) in [6, 6.07) is 2.87. The van der Waals surface area contributed by atoms with Crippen molar-refractivity contribution in [3.8, 4) is 6.07 Å². The standard InChI is InChI=1S/C12H20N2O/c13-8-10-4-2-1-3-5-12(10)14-7-6-11(15)9-14/h10-12,15H,1-7,9H2. The lowest BCUT2D eigenvalue weighted by atomic mass is 9.95. The van der Waals surface area contributed by atoms with Crippen molar-refractivity contribution in [2.45, 2.75) is 50.7 Å². The van der Waals surface area contributed by atoms with Crippen LogP contribution in [0.3, 0.4) is 0 Å². The summed E-state index contributed by atoms with van der Waals surface area (Å²) in [5, 5.41) is 18.7. The molecule has 2 aliphatic rings. The Bertz CT molecular complexity index is 248. The van der Waals surface area contributed by atoms with Crippen molar-refractivity contribution in [1.29, 1.82) is 5.26 Å². The van der Waals surface area contributed by atoms with Crippen LogP contribution in [0.4, 0.5) is 0 Å². The van der Waals surface area contributed by atoms with Crippen LogP contribution in [0.1, 0.15) is 38.5 Å². The maximum atomic E-state index is 9.53. The fraction of sp³-hybridized carbons (Fsp3) is 0.917. The van der Waals surface area contributed by atoms with Crippen LogP contribution >= 0.6 is 0 Å². The molecule has 2 rings (SSSR count). The third kappa shape index (κ3) is 2.50. The molecular formula is C12H20N2O. The summed E-state index contributed by atoms with van der Waals surface area (Å²) in [7, 11) is 0. The van der Waals surface area contributed by atoms with Crippen LogP contribution in [0.5, 0.6) is 0 Å². The highest BCUT2D eigenvalue weighted by Crippen LogP contribution is 2.29. The minimum atomic E-state index is -0.160. The molecule has 0 amide bonds. The molecule has 1 saturated carbocycles. The molecule has 0 spiro atoms. The Labute approximate surface area is 91.7 Å². The lowest BCUT2D eigenvalue weighted by Crippen LogP contribution is -2.38. The predicted octanol–water partition coefficient (Wildman–Crippen LogP) is 1.53. The highest BCUT2D eigenvalue weighted by molar-refractivity contribution is 4.96. The van der Waals surface area contributed by atoms with Gasteiger partial charge in [-0.25, -0.2) is 0 Å². The van der Waals surface area contributed by atoms with E-state index in [1.54, 1.807) is 0 Å². The van der Waals surface area contributed by atoms with Crippen molar-refractivity contribution >= 4 is 0 Å². The van der Waals surface area contributed by atoms with Crippen LogP contribution < -0.4 is 0 Å². The number of likely N-dealkylation sites (tertiary alicyclic amines) is 1. The third-order valence-electron chi connectivity index (χ3n) is 3.81. The summed E-state index contributed by atoms with van der Waals surface area (Å²) in [6.07, 6.45) is 6.63. The van der Waals surface area contributed by atoms with Crippen molar-refractivity contribution in [3.05, 3.63) is 0 Å². The minimum absolute atomic E-state index is 0.160. The Morgan fingerprint density at radius 2 is 1.93 bits per heavy atom. The third-order valence-corrected chi connectivity index (χ3v) is 3.81. The molecule has 84 valence electrons. The van der Waals surface area contributed by atoms with Gasteiger partial charge in [-0.3, -0.25) is 4.90 Å². The second-order valence-electron chi connectivity index (χ2n) is 4.88. The van der Waals surface area contributed by atoms with Crippen LogP contribution in [-0.4, -0.2) is 35.2 Å². The van der Waals surface area contributed by atoms with Crippen molar-refractivity contribution in [2.75, 3.05) is 13.1 Å². The quantitative estimate of drug-likeness (QED) is 0.665. The van der Waals surface area contributed by atoms with Gasteiger partial charge in [0.1, 0.15) is 0 Å². The minimum Gasteiger partial charge on any atom is -0.392 e.